The summed E-state index contributed by atoms with van der Waals surface area (Å²) in [7, 11) is 0. The standard InChI is InChI=1S/C56H101NO10/c1-4-7-10-13-16-19-22-24-26-28-31-34-37-40-43-49(60)55(64)57-47(48(59)42-39-36-33-30-27-21-18-15-12-9-6-3)46-65-56-54(53(63)52(62)50(45-58)66-56)67-51(61)44-41-38-35-32-29-25-23-20-17-14-11-8-5-2/h16,19,22,24-25,29,39,42,47-50,52-54,56,58-60,62-63H,4-15,17-18,20-21,23,26-28,30-38,40-41,43-46H2,1-3H3,(H,57,64)/b19-16+,24-22+,29-25-,42-39+. The van der Waals surface area contributed by atoms with Crippen LogP contribution in [0.5, 0.6) is 0 Å². The van der Waals surface area contributed by atoms with Gasteiger partial charge in [0.1, 0.15) is 24.4 Å². The van der Waals surface area contributed by atoms with Gasteiger partial charge < -0.3 is 45.1 Å². The van der Waals surface area contributed by atoms with Gasteiger partial charge in [0.25, 0.3) is 0 Å². The van der Waals surface area contributed by atoms with E-state index in [9.17, 15) is 35.1 Å². The number of aliphatic hydroxyl groups excluding tert-OH is 5. The number of nitrogens with one attached hydrogen (secondary N) is 1. The molecule has 1 fully saturated rings. The van der Waals surface area contributed by atoms with Crippen LogP contribution in [0.25, 0.3) is 0 Å². The van der Waals surface area contributed by atoms with Crippen molar-refractivity contribution < 1.29 is 49.3 Å². The second-order valence-electron chi connectivity index (χ2n) is 19.0. The van der Waals surface area contributed by atoms with Gasteiger partial charge in [0.15, 0.2) is 12.4 Å². The lowest BCUT2D eigenvalue weighted by Gasteiger charge is -2.41. The number of hydrogen-bond acceptors (Lipinski definition) is 10. The maximum Gasteiger partial charge on any atom is 0.306 e. The Bertz CT molecular complexity index is 1270. The van der Waals surface area contributed by atoms with E-state index in [0.717, 1.165) is 83.5 Å². The number of unbranched alkanes of at least 4 members (excludes halogenated alkanes) is 26. The number of amides is 1. The first-order valence-corrected chi connectivity index (χ1v) is 27.4. The molecule has 0 aliphatic carbocycles. The van der Waals surface area contributed by atoms with Crippen molar-refractivity contribution >= 4 is 11.9 Å². The number of carbonyl (C=O) groups is 2. The molecule has 0 aromatic rings. The second-order valence-corrected chi connectivity index (χ2v) is 19.0. The fraction of sp³-hybridized carbons (Fsp3) is 0.821. The minimum Gasteiger partial charge on any atom is -0.454 e. The van der Waals surface area contributed by atoms with Crippen molar-refractivity contribution in [1.82, 2.24) is 5.32 Å². The number of rotatable bonds is 45. The van der Waals surface area contributed by atoms with Crippen molar-refractivity contribution in [3.63, 3.8) is 0 Å². The highest BCUT2D eigenvalue weighted by Crippen LogP contribution is 2.26. The molecule has 11 nitrogen and oxygen atoms in total. The van der Waals surface area contributed by atoms with Crippen molar-refractivity contribution in [3.05, 3.63) is 48.6 Å². The lowest BCUT2D eigenvalue weighted by molar-refractivity contribution is -0.305. The summed E-state index contributed by atoms with van der Waals surface area (Å²) < 4.78 is 17.5. The number of hydrogen-bond donors (Lipinski definition) is 6. The minimum absolute atomic E-state index is 0.102. The number of ether oxygens (including phenoxy) is 3. The molecule has 1 aliphatic rings. The molecule has 1 rings (SSSR count). The first-order valence-electron chi connectivity index (χ1n) is 27.4. The van der Waals surface area contributed by atoms with Gasteiger partial charge in [0.05, 0.1) is 25.4 Å². The molecule has 0 radical (unpaired) electrons. The van der Waals surface area contributed by atoms with Gasteiger partial charge in [-0.15, -0.1) is 0 Å². The van der Waals surface area contributed by atoms with Crippen LogP contribution in [0.4, 0.5) is 0 Å². The number of esters is 1. The molecule has 1 amide bonds. The van der Waals surface area contributed by atoms with Crippen LogP contribution in [0, 0.1) is 0 Å². The first-order chi connectivity index (χ1) is 32.7. The topological polar surface area (TPSA) is 175 Å². The normalized spacial score (nSPS) is 20.4. The summed E-state index contributed by atoms with van der Waals surface area (Å²) in [6, 6.07) is -1.03. The zero-order valence-corrected chi connectivity index (χ0v) is 42.8. The first kappa shape index (κ1) is 62.6. The van der Waals surface area contributed by atoms with Crippen molar-refractivity contribution in [1.29, 1.82) is 0 Å². The fourth-order valence-corrected chi connectivity index (χ4v) is 8.28. The van der Waals surface area contributed by atoms with Gasteiger partial charge in [0.2, 0.25) is 5.91 Å². The summed E-state index contributed by atoms with van der Waals surface area (Å²) in [5, 5.41) is 56.6. The summed E-state index contributed by atoms with van der Waals surface area (Å²) in [6.45, 7) is 5.70. The third-order valence-electron chi connectivity index (χ3n) is 12.7. The Balaban J connectivity index is 2.78. The van der Waals surface area contributed by atoms with Crippen LogP contribution < -0.4 is 5.32 Å². The van der Waals surface area contributed by atoms with Crippen molar-refractivity contribution in [2.24, 2.45) is 0 Å². The molecular weight excluding hydrogens is 847 g/mol. The molecule has 11 heteroatoms. The number of aliphatic hydroxyl groups is 5. The maximum atomic E-state index is 13.3. The summed E-state index contributed by atoms with van der Waals surface area (Å²) in [6.07, 6.45) is 41.6. The predicted octanol–water partition coefficient (Wildman–Crippen LogP) is 11.7. The minimum atomic E-state index is -1.62. The van der Waals surface area contributed by atoms with E-state index >= 15 is 0 Å². The van der Waals surface area contributed by atoms with E-state index in [1.807, 2.05) is 6.08 Å². The van der Waals surface area contributed by atoms with Crippen LogP contribution in [-0.2, 0) is 23.8 Å². The highest BCUT2D eigenvalue weighted by molar-refractivity contribution is 5.80. The zero-order chi connectivity index (χ0) is 49.0. The van der Waals surface area contributed by atoms with Crippen LogP contribution in [0.15, 0.2) is 48.6 Å². The predicted molar refractivity (Wildman–Crippen MR) is 273 cm³/mol. The number of carbonyl (C=O) groups excluding carboxylic acids is 2. The zero-order valence-electron chi connectivity index (χ0n) is 42.8. The van der Waals surface area contributed by atoms with E-state index in [-0.39, 0.29) is 19.4 Å². The third kappa shape index (κ3) is 33.7. The Morgan fingerprint density at radius 1 is 0.582 bits per heavy atom. The van der Waals surface area contributed by atoms with Crippen molar-refractivity contribution in [2.75, 3.05) is 13.2 Å². The Kier molecular flexibility index (Phi) is 41.9. The second kappa shape index (κ2) is 44.8. The number of allylic oxidation sites excluding steroid dienone is 7. The van der Waals surface area contributed by atoms with E-state index in [2.05, 4.69) is 62.5 Å². The monoisotopic (exact) mass is 948 g/mol. The summed E-state index contributed by atoms with van der Waals surface area (Å²) in [5.74, 6) is -1.22. The van der Waals surface area contributed by atoms with E-state index in [1.54, 1.807) is 6.08 Å². The maximum absolute atomic E-state index is 13.3. The van der Waals surface area contributed by atoms with E-state index in [0.29, 0.717) is 12.8 Å². The van der Waals surface area contributed by atoms with Crippen LogP contribution in [0.2, 0.25) is 0 Å². The molecule has 1 aliphatic heterocycles. The van der Waals surface area contributed by atoms with Gasteiger partial charge in [-0.25, -0.2) is 0 Å². The van der Waals surface area contributed by atoms with Gasteiger partial charge in [-0.05, 0) is 77.0 Å². The smallest absolute Gasteiger partial charge is 0.306 e. The van der Waals surface area contributed by atoms with Crippen LogP contribution in [0.1, 0.15) is 233 Å². The van der Waals surface area contributed by atoms with Crippen LogP contribution in [0.3, 0.4) is 0 Å². The summed E-state index contributed by atoms with van der Waals surface area (Å²) >= 11 is 0. The summed E-state index contributed by atoms with van der Waals surface area (Å²) in [5.41, 5.74) is 0. The van der Waals surface area contributed by atoms with Gasteiger partial charge >= 0.3 is 5.97 Å². The molecule has 0 spiro atoms. The summed E-state index contributed by atoms with van der Waals surface area (Å²) in [4.78, 5) is 26.4. The third-order valence-corrected chi connectivity index (χ3v) is 12.7. The Morgan fingerprint density at radius 3 is 1.57 bits per heavy atom. The quantitative estimate of drug-likeness (QED) is 0.0149. The molecule has 390 valence electrons. The van der Waals surface area contributed by atoms with Crippen molar-refractivity contribution in [3.8, 4) is 0 Å². The molecule has 1 heterocycles. The van der Waals surface area contributed by atoms with Gasteiger partial charge in [-0.3, -0.25) is 9.59 Å². The average Bonchev–Trinajstić information content (AvgIpc) is 3.32. The lowest BCUT2D eigenvalue weighted by atomic mass is 9.99. The van der Waals surface area contributed by atoms with Gasteiger partial charge in [-0.2, -0.15) is 0 Å². The molecule has 67 heavy (non-hydrogen) atoms. The molecular formula is C56H101NO10. The van der Waals surface area contributed by atoms with Crippen LogP contribution >= 0.6 is 0 Å². The van der Waals surface area contributed by atoms with Gasteiger partial charge in [0, 0.05) is 6.42 Å². The van der Waals surface area contributed by atoms with E-state index in [4.69, 9.17) is 14.2 Å². The average molecular weight is 948 g/mol. The molecule has 0 bridgehead atoms. The molecule has 0 aromatic carbocycles. The lowest BCUT2D eigenvalue weighted by Crippen LogP contribution is -2.61. The fourth-order valence-electron chi connectivity index (χ4n) is 8.28. The molecule has 0 aromatic heterocycles. The Labute approximate surface area is 408 Å². The van der Waals surface area contributed by atoms with Crippen LogP contribution in [-0.4, -0.2) is 99.6 Å². The highest BCUT2D eigenvalue weighted by atomic mass is 16.7. The Hall–Kier alpha value is -2.38. The van der Waals surface area contributed by atoms with E-state index < -0.39 is 67.4 Å². The van der Waals surface area contributed by atoms with Gasteiger partial charge in [-0.1, -0.05) is 198 Å². The molecule has 8 atom stereocenters. The molecule has 6 N–H and O–H groups in total. The molecule has 8 unspecified atom stereocenters. The van der Waals surface area contributed by atoms with Crippen molar-refractivity contribution in [2.45, 2.75) is 282 Å². The largest absolute Gasteiger partial charge is 0.454 e. The molecule has 0 saturated carbocycles. The molecule has 1 saturated heterocycles. The SMILES string of the molecule is CCCCC/C=C/C=C/CCCCCCCC(O)C(=O)NC(COC1OC(CO)C(O)C(O)C1OC(=O)CCCCC/C=C\CCCCCCCC)C(O)/C=C/CCCCCCCCCCC. The Morgan fingerprint density at radius 2 is 1.03 bits per heavy atom. The van der Waals surface area contributed by atoms with E-state index in [1.165, 1.54) is 103 Å². The highest BCUT2D eigenvalue weighted by Gasteiger charge is 2.47.